The van der Waals surface area contributed by atoms with Crippen molar-refractivity contribution in [2.75, 3.05) is 44.2 Å². The summed E-state index contributed by atoms with van der Waals surface area (Å²) in [5.41, 5.74) is 21.7. The first-order valence-electron chi connectivity index (χ1n) is 14.7. The van der Waals surface area contributed by atoms with Gasteiger partial charge >= 0.3 is 0 Å². The van der Waals surface area contributed by atoms with Crippen LogP contribution in [0.5, 0.6) is 11.6 Å². The third kappa shape index (κ3) is 9.02. The van der Waals surface area contributed by atoms with Crippen molar-refractivity contribution >= 4 is 23.6 Å². The molecule has 3 aromatic heterocycles. The smallest absolute Gasteiger partial charge is 0.219 e. The molecule has 0 bridgehead atoms. The van der Waals surface area contributed by atoms with Gasteiger partial charge in [-0.25, -0.2) is 14.5 Å². The number of aromatic hydroxyl groups is 1. The van der Waals surface area contributed by atoms with E-state index in [1.165, 1.54) is 0 Å². The molecule has 14 nitrogen and oxygen atoms in total. The number of rotatable bonds is 8. The molecule has 240 valence electrons. The first kappa shape index (κ1) is 32.9. The van der Waals surface area contributed by atoms with Gasteiger partial charge in [-0.15, -0.1) is 0 Å². The van der Waals surface area contributed by atoms with Gasteiger partial charge in [0, 0.05) is 62.0 Å². The molecule has 4 heterocycles. The van der Waals surface area contributed by atoms with Gasteiger partial charge in [0.05, 0.1) is 24.5 Å². The molecule has 1 aliphatic heterocycles. The van der Waals surface area contributed by atoms with Crippen LogP contribution in [0.3, 0.4) is 0 Å². The quantitative estimate of drug-likeness (QED) is 0.0815. The van der Waals surface area contributed by atoms with Gasteiger partial charge in [-0.2, -0.15) is 10.1 Å². The number of aryl methyl sites for hydroxylation is 1. The molecule has 1 fully saturated rings. The number of nitrogens with zero attached hydrogens (tertiary/aromatic N) is 7. The van der Waals surface area contributed by atoms with Crippen LogP contribution in [0.1, 0.15) is 30.4 Å². The maximum atomic E-state index is 10.4. The van der Waals surface area contributed by atoms with Gasteiger partial charge in [-0.3, -0.25) is 4.79 Å². The summed E-state index contributed by atoms with van der Waals surface area (Å²) < 4.78 is 7.37. The third-order valence-corrected chi connectivity index (χ3v) is 6.78. The van der Waals surface area contributed by atoms with E-state index < -0.39 is 0 Å². The fourth-order valence-electron chi connectivity index (χ4n) is 4.70. The van der Waals surface area contributed by atoms with Gasteiger partial charge < -0.3 is 42.2 Å². The van der Waals surface area contributed by atoms with Crippen LogP contribution >= 0.6 is 0 Å². The van der Waals surface area contributed by atoms with E-state index in [-0.39, 0.29) is 18.1 Å². The Morgan fingerprint density at radius 1 is 1.11 bits per heavy atom. The lowest BCUT2D eigenvalue weighted by molar-refractivity contribution is -0.109. The lowest BCUT2D eigenvalue weighted by Gasteiger charge is -2.26. The highest BCUT2D eigenvalue weighted by Crippen LogP contribution is 2.25. The number of ether oxygens (including phenoxy) is 1. The highest BCUT2D eigenvalue weighted by Gasteiger charge is 2.20. The van der Waals surface area contributed by atoms with Crippen LogP contribution in [0.4, 0.5) is 5.82 Å². The van der Waals surface area contributed by atoms with E-state index >= 15 is 0 Å². The molecule has 1 aromatic carbocycles. The summed E-state index contributed by atoms with van der Waals surface area (Å²) in [6.45, 7) is 7.15. The highest BCUT2D eigenvalue weighted by atomic mass is 16.5. The predicted molar refractivity (Wildman–Crippen MR) is 176 cm³/mol. The Morgan fingerprint density at radius 3 is 2.67 bits per heavy atom. The monoisotopic (exact) mass is 625 g/mol. The van der Waals surface area contributed by atoms with Gasteiger partial charge in [0.2, 0.25) is 18.1 Å². The molecule has 46 heavy (non-hydrogen) atoms. The molecule has 1 aliphatic rings. The number of phenolic OH excluding ortho intramolecular Hbond substituents is 1. The number of hydrogen-bond acceptors (Lipinski definition) is 12. The van der Waals surface area contributed by atoms with Gasteiger partial charge in [-0.1, -0.05) is 18.1 Å². The summed E-state index contributed by atoms with van der Waals surface area (Å²) in [5, 5.41) is 16.8. The first-order chi connectivity index (χ1) is 22.3. The van der Waals surface area contributed by atoms with Crippen molar-refractivity contribution in [2.45, 2.75) is 20.3 Å². The molecule has 0 saturated carbocycles. The average Bonchev–Trinajstić information content (AvgIpc) is 3.26. The molecule has 14 heteroatoms. The number of nitrogens with one attached hydrogen (secondary N) is 1. The lowest BCUT2D eigenvalue weighted by atomic mass is 10.1. The standard InChI is InChI=1S/C25H32N8O3.C7H7N3/c1-2-36-24-16-23(30-22(31-24)9-5-10-29-17-34)33-12-6-11-32(13-14-33)20(25(27)28)15-19(26)18-7-3-4-8-21(18)35;1-6-5-7-8-3-2-4-10(7)9-6/h3-4,7-8,15-17,35H,2,6,10-14,26-28H2,1H3,(H,29,34);2-5H,1H3/b19-15-;. The van der Waals surface area contributed by atoms with Crippen molar-refractivity contribution in [3.63, 3.8) is 0 Å². The van der Waals surface area contributed by atoms with Crippen LogP contribution in [0.15, 0.2) is 72.5 Å². The molecule has 0 aliphatic carbocycles. The third-order valence-electron chi connectivity index (χ3n) is 6.78. The van der Waals surface area contributed by atoms with Crippen molar-refractivity contribution in [2.24, 2.45) is 17.2 Å². The Balaban J connectivity index is 0.000000402. The van der Waals surface area contributed by atoms with E-state index in [0.29, 0.717) is 67.1 Å². The first-order valence-corrected chi connectivity index (χ1v) is 14.7. The summed E-state index contributed by atoms with van der Waals surface area (Å²) >= 11 is 0. The maximum absolute atomic E-state index is 10.4. The van der Waals surface area contributed by atoms with E-state index in [1.807, 2.05) is 32.2 Å². The topological polar surface area (TPSA) is 199 Å². The van der Waals surface area contributed by atoms with Crippen molar-refractivity contribution < 1.29 is 14.6 Å². The van der Waals surface area contributed by atoms with Gasteiger partial charge in [0.15, 0.2) is 5.65 Å². The minimum atomic E-state index is 0.0814. The van der Waals surface area contributed by atoms with E-state index in [4.69, 9.17) is 21.9 Å². The number of allylic oxidation sites excluding steroid dienone is 1. The minimum absolute atomic E-state index is 0.0814. The maximum Gasteiger partial charge on any atom is 0.219 e. The lowest BCUT2D eigenvalue weighted by Crippen LogP contribution is -2.33. The molecule has 8 N–H and O–H groups in total. The van der Waals surface area contributed by atoms with Crippen molar-refractivity contribution in [3.05, 3.63) is 89.5 Å². The van der Waals surface area contributed by atoms with Crippen LogP contribution in [0.25, 0.3) is 11.3 Å². The van der Waals surface area contributed by atoms with Gasteiger partial charge in [0.1, 0.15) is 17.4 Å². The van der Waals surface area contributed by atoms with Crippen LogP contribution < -0.4 is 32.2 Å². The number of phenols is 1. The van der Waals surface area contributed by atoms with E-state index in [9.17, 15) is 9.90 Å². The molecule has 5 rings (SSSR count). The Bertz CT molecular complexity index is 1720. The van der Waals surface area contributed by atoms with Crippen molar-refractivity contribution in [1.29, 1.82) is 0 Å². The second-order valence-electron chi connectivity index (χ2n) is 10.1. The number of anilines is 1. The number of para-hydroxylation sites is 1. The zero-order valence-corrected chi connectivity index (χ0v) is 25.9. The normalized spacial score (nSPS) is 13.0. The van der Waals surface area contributed by atoms with Crippen molar-refractivity contribution in [1.82, 2.24) is 34.8 Å². The van der Waals surface area contributed by atoms with Crippen LogP contribution in [0, 0.1) is 18.8 Å². The molecule has 0 radical (unpaired) electrons. The molecule has 0 atom stereocenters. The van der Waals surface area contributed by atoms with E-state index in [2.05, 4.69) is 47.0 Å². The number of carbonyl (C=O) groups excluding carboxylic acids is 1. The zero-order valence-electron chi connectivity index (χ0n) is 25.9. The molecule has 1 saturated heterocycles. The molecule has 0 unspecified atom stereocenters. The number of nitrogens with two attached hydrogens (primary N) is 3. The summed E-state index contributed by atoms with van der Waals surface area (Å²) in [5.74, 6) is 7.34. The number of hydrogen-bond donors (Lipinski definition) is 5. The van der Waals surface area contributed by atoms with E-state index in [1.54, 1.807) is 47.1 Å². The highest BCUT2D eigenvalue weighted by molar-refractivity contribution is 5.70. The second kappa shape index (κ2) is 16.2. The summed E-state index contributed by atoms with van der Waals surface area (Å²) in [6.07, 6.45) is 6.73. The van der Waals surface area contributed by atoms with Crippen LogP contribution in [-0.4, -0.2) is 80.3 Å². The predicted octanol–water partition coefficient (Wildman–Crippen LogP) is 1.31. The fraction of sp³-hybridized carbons (Fsp3) is 0.281. The molecular weight excluding hydrogens is 586 g/mol. The number of fused-ring (bicyclic) bond motifs is 1. The Hall–Kier alpha value is -5.97. The number of aromatic nitrogens is 5. The van der Waals surface area contributed by atoms with E-state index in [0.717, 1.165) is 24.3 Å². The average molecular weight is 626 g/mol. The molecule has 1 amide bonds. The minimum Gasteiger partial charge on any atom is -0.507 e. The summed E-state index contributed by atoms with van der Waals surface area (Å²) in [4.78, 5) is 27.6. The van der Waals surface area contributed by atoms with Crippen molar-refractivity contribution in [3.8, 4) is 23.5 Å². The Labute approximate surface area is 267 Å². The summed E-state index contributed by atoms with van der Waals surface area (Å²) in [6, 6.07) is 12.4. The van der Waals surface area contributed by atoms with Gasteiger partial charge in [-0.05, 0) is 50.5 Å². The fourth-order valence-corrected chi connectivity index (χ4v) is 4.70. The SMILES string of the molecule is CCOc1cc(N2CCCN(C(/C=C(\N)c3ccccc3O)=C(N)N)CC2)nc(C#CCNC=O)n1.Cc1cc2ncccn2n1. The molecular formula is C32H39N11O3. The largest absolute Gasteiger partial charge is 0.507 e. The number of amides is 1. The molecule has 0 spiro atoms. The summed E-state index contributed by atoms with van der Waals surface area (Å²) in [7, 11) is 0. The number of benzene rings is 1. The zero-order chi connectivity index (χ0) is 32.9. The van der Waals surface area contributed by atoms with Crippen LogP contribution in [-0.2, 0) is 4.79 Å². The molecule has 4 aromatic rings. The van der Waals surface area contributed by atoms with Gasteiger partial charge in [0.25, 0.3) is 0 Å². The van der Waals surface area contributed by atoms with Crippen LogP contribution in [0.2, 0.25) is 0 Å². The second-order valence-corrected chi connectivity index (χ2v) is 10.1. The Kier molecular flexibility index (Phi) is 11.6. The Morgan fingerprint density at radius 2 is 1.93 bits per heavy atom. The number of carbonyl (C=O) groups is 1.